The molecule has 0 saturated carbocycles. The zero-order valence-electron chi connectivity index (χ0n) is 22.1. The molecule has 1 aliphatic heterocycles. The lowest BCUT2D eigenvalue weighted by Gasteiger charge is -2.29. The highest BCUT2D eigenvalue weighted by molar-refractivity contribution is 6.02. The summed E-state index contributed by atoms with van der Waals surface area (Å²) in [4.78, 5) is 26.9. The van der Waals surface area contributed by atoms with Gasteiger partial charge in [-0.25, -0.2) is 4.68 Å². The molecule has 1 saturated heterocycles. The zero-order valence-corrected chi connectivity index (χ0v) is 22.1. The Morgan fingerprint density at radius 1 is 0.949 bits per heavy atom. The summed E-state index contributed by atoms with van der Waals surface area (Å²) in [6.07, 6.45) is 3.96. The molecule has 9 heteroatoms. The van der Waals surface area contributed by atoms with Crippen LogP contribution in [0.25, 0.3) is 11.1 Å². The van der Waals surface area contributed by atoms with Crippen LogP contribution in [0.1, 0.15) is 39.3 Å². The number of nitrogens with one attached hydrogen (secondary N) is 2. The number of amides is 2. The number of carbonyl (C=O) groups excluding carboxylic acids is 2. The van der Waals surface area contributed by atoms with Crippen LogP contribution in [0.2, 0.25) is 0 Å². The quantitative estimate of drug-likeness (QED) is 0.360. The number of rotatable bonds is 8. The van der Waals surface area contributed by atoms with Crippen molar-refractivity contribution in [2.75, 3.05) is 32.5 Å². The van der Waals surface area contributed by atoms with Crippen LogP contribution in [-0.2, 0) is 6.54 Å². The molecule has 2 heterocycles. The Balaban J connectivity index is 1.16. The Labute approximate surface area is 227 Å². The van der Waals surface area contributed by atoms with E-state index >= 15 is 0 Å². The molecule has 3 aromatic carbocycles. The van der Waals surface area contributed by atoms with Crippen molar-refractivity contribution < 1.29 is 14.3 Å². The predicted molar refractivity (Wildman–Crippen MR) is 150 cm³/mol. The van der Waals surface area contributed by atoms with Crippen LogP contribution >= 0.6 is 0 Å². The minimum atomic E-state index is -0.344. The van der Waals surface area contributed by atoms with Gasteiger partial charge in [-0.05, 0) is 73.0 Å². The Morgan fingerprint density at radius 3 is 2.33 bits per heavy atom. The largest absolute Gasteiger partial charge is 0.490 e. The van der Waals surface area contributed by atoms with Gasteiger partial charge in [-0.3, -0.25) is 9.59 Å². The van der Waals surface area contributed by atoms with Gasteiger partial charge in [0.1, 0.15) is 11.9 Å². The molecule has 2 amide bonds. The number of piperidine rings is 1. The van der Waals surface area contributed by atoms with Crippen LogP contribution in [0, 0.1) is 0 Å². The fourth-order valence-corrected chi connectivity index (χ4v) is 4.58. The lowest BCUT2D eigenvalue weighted by Crippen LogP contribution is -2.35. The first-order valence-electron chi connectivity index (χ1n) is 13.0. The highest BCUT2D eigenvalue weighted by atomic mass is 16.5. The number of anilines is 1. The Morgan fingerprint density at radius 2 is 1.64 bits per heavy atom. The number of likely N-dealkylation sites (tertiary alicyclic amines) is 1. The van der Waals surface area contributed by atoms with Crippen molar-refractivity contribution >= 4 is 17.5 Å². The lowest BCUT2D eigenvalue weighted by atomic mass is 10.0. The first-order chi connectivity index (χ1) is 19.0. The summed E-state index contributed by atoms with van der Waals surface area (Å²) in [6.45, 7) is 2.53. The van der Waals surface area contributed by atoms with Crippen molar-refractivity contribution in [2.24, 2.45) is 0 Å². The third kappa shape index (κ3) is 6.69. The van der Waals surface area contributed by atoms with Gasteiger partial charge in [0.2, 0.25) is 0 Å². The van der Waals surface area contributed by atoms with Gasteiger partial charge in [0.15, 0.2) is 5.69 Å². The Kier molecular flexibility index (Phi) is 7.98. The van der Waals surface area contributed by atoms with Crippen LogP contribution in [0.15, 0.2) is 79.0 Å². The zero-order chi connectivity index (χ0) is 27.2. The maximum atomic E-state index is 12.7. The van der Waals surface area contributed by atoms with Gasteiger partial charge >= 0.3 is 0 Å². The molecule has 1 aliphatic rings. The van der Waals surface area contributed by atoms with E-state index in [9.17, 15) is 9.59 Å². The van der Waals surface area contributed by atoms with Gasteiger partial charge in [-0.15, -0.1) is 5.10 Å². The molecule has 1 fully saturated rings. The van der Waals surface area contributed by atoms with Crippen molar-refractivity contribution in [1.82, 2.24) is 25.2 Å². The monoisotopic (exact) mass is 524 g/mol. The van der Waals surface area contributed by atoms with E-state index in [0.29, 0.717) is 17.8 Å². The van der Waals surface area contributed by atoms with Gasteiger partial charge in [0, 0.05) is 31.4 Å². The summed E-state index contributed by atoms with van der Waals surface area (Å²) in [7, 11) is 3.74. The van der Waals surface area contributed by atoms with Crippen molar-refractivity contribution in [1.29, 1.82) is 0 Å². The molecule has 5 rings (SSSR count). The minimum absolute atomic E-state index is 0.157. The highest BCUT2D eigenvalue weighted by Gasteiger charge is 2.18. The van der Waals surface area contributed by atoms with Crippen LogP contribution in [-0.4, -0.2) is 65.0 Å². The van der Waals surface area contributed by atoms with E-state index in [1.54, 1.807) is 30.1 Å². The van der Waals surface area contributed by atoms with Crippen LogP contribution < -0.4 is 15.4 Å². The lowest BCUT2D eigenvalue weighted by molar-refractivity contribution is 0.0962. The second kappa shape index (κ2) is 11.9. The summed E-state index contributed by atoms with van der Waals surface area (Å²) < 4.78 is 7.72. The molecule has 0 unspecified atom stereocenters. The number of carbonyl (C=O) groups is 2. The van der Waals surface area contributed by atoms with E-state index in [1.807, 2.05) is 48.5 Å². The van der Waals surface area contributed by atoms with Crippen LogP contribution in [0.4, 0.5) is 5.69 Å². The maximum absolute atomic E-state index is 12.7. The van der Waals surface area contributed by atoms with E-state index < -0.39 is 0 Å². The number of hydrogen-bond donors (Lipinski definition) is 2. The number of benzene rings is 3. The molecule has 9 nitrogen and oxygen atoms in total. The van der Waals surface area contributed by atoms with Crippen LogP contribution in [0.3, 0.4) is 0 Å². The standard InChI is InChI=1S/C30H32N6O3/c1-31-29(37)24-5-3-4-21(18-24)19-36-20-28(33-34-36)30(38)32-25-10-6-22(7-11-25)23-8-12-26(13-9-23)39-27-14-16-35(2)17-15-27/h3-13,18,20,27H,14-17,19H2,1-2H3,(H,31,37)(H,32,38). The summed E-state index contributed by atoms with van der Waals surface area (Å²) >= 11 is 0. The van der Waals surface area contributed by atoms with Crippen molar-refractivity contribution in [3.8, 4) is 16.9 Å². The van der Waals surface area contributed by atoms with Gasteiger partial charge in [-0.2, -0.15) is 0 Å². The number of ether oxygens (including phenoxy) is 1. The smallest absolute Gasteiger partial charge is 0.277 e. The number of hydrogen-bond acceptors (Lipinski definition) is 6. The highest BCUT2D eigenvalue weighted by Crippen LogP contribution is 2.26. The first kappa shape index (κ1) is 26.1. The average molecular weight is 525 g/mol. The van der Waals surface area contributed by atoms with Crippen molar-refractivity contribution in [3.63, 3.8) is 0 Å². The molecule has 0 radical (unpaired) electrons. The number of nitrogens with zero attached hydrogens (tertiary/aromatic N) is 4. The minimum Gasteiger partial charge on any atom is -0.490 e. The molecule has 1 aromatic heterocycles. The third-order valence-electron chi connectivity index (χ3n) is 6.83. The van der Waals surface area contributed by atoms with Crippen molar-refractivity contribution in [2.45, 2.75) is 25.5 Å². The summed E-state index contributed by atoms with van der Waals surface area (Å²) in [5.74, 6) is 0.392. The molecule has 0 bridgehead atoms. The summed E-state index contributed by atoms with van der Waals surface area (Å²) in [5, 5.41) is 13.6. The topological polar surface area (TPSA) is 101 Å². The first-order valence-corrected chi connectivity index (χ1v) is 13.0. The SMILES string of the molecule is CNC(=O)c1cccc(Cn2cc(C(=O)Nc3ccc(-c4ccc(OC5CCN(C)CC5)cc4)cc3)nn2)c1. The number of aromatic nitrogens is 3. The Bertz CT molecular complexity index is 1420. The fourth-order valence-electron chi connectivity index (χ4n) is 4.58. The molecule has 2 N–H and O–H groups in total. The molecule has 0 aliphatic carbocycles. The predicted octanol–water partition coefficient (Wildman–Crippen LogP) is 4.08. The normalized spacial score (nSPS) is 14.1. The average Bonchev–Trinajstić information content (AvgIpc) is 3.43. The molecule has 0 spiro atoms. The second-order valence-electron chi connectivity index (χ2n) is 9.76. The molecule has 200 valence electrons. The van der Waals surface area contributed by atoms with Gasteiger partial charge in [-0.1, -0.05) is 41.6 Å². The molecule has 0 atom stereocenters. The maximum Gasteiger partial charge on any atom is 0.277 e. The summed E-state index contributed by atoms with van der Waals surface area (Å²) in [5.41, 5.74) is 4.44. The van der Waals surface area contributed by atoms with E-state index in [1.165, 1.54) is 0 Å². The molecular weight excluding hydrogens is 492 g/mol. The van der Waals surface area contributed by atoms with Crippen molar-refractivity contribution in [3.05, 3.63) is 95.8 Å². The molecular formula is C30H32N6O3. The van der Waals surface area contributed by atoms with E-state index in [0.717, 1.165) is 48.4 Å². The summed E-state index contributed by atoms with van der Waals surface area (Å²) in [6, 6.07) is 23.1. The second-order valence-corrected chi connectivity index (χ2v) is 9.76. The van der Waals surface area contributed by atoms with E-state index in [2.05, 4.69) is 45.0 Å². The Hall–Kier alpha value is -4.50. The molecule has 39 heavy (non-hydrogen) atoms. The molecule has 4 aromatic rings. The van der Waals surface area contributed by atoms with Crippen LogP contribution in [0.5, 0.6) is 5.75 Å². The van der Waals surface area contributed by atoms with Gasteiger partial charge < -0.3 is 20.3 Å². The third-order valence-corrected chi connectivity index (χ3v) is 6.83. The fraction of sp³-hybridized carbons (Fsp3) is 0.267. The van der Waals surface area contributed by atoms with E-state index in [4.69, 9.17) is 4.74 Å². The van der Waals surface area contributed by atoms with Gasteiger partial charge in [0.25, 0.3) is 11.8 Å². The van der Waals surface area contributed by atoms with E-state index in [-0.39, 0.29) is 23.6 Å². The van der Waals surface area contributed by atoms with Gasteiger partial charge in [0.05, 0.1) is 12.7 Å².